The van der Waals surface area contributed by atoms with Crippen molar-refractivity contribution in [3.8, 4) is 0 Å². The first-order valence-electron chi connectivity index (χ1n) is 6.77. The fraction of sp³-hybridized carbons (Fsp3) is 0.235. The Bertz CT molecular complexity index is 551. The molecule has 0 aromatic heterocycles. The maximum atomic E-state index is 11.9. The Morgan fingerprint density at radius 2 is 1.65 bits per heavy atom. The molecule has 1 unspecified atom stereocenters. The zero-order valence-electron chi connectivity index (χ0n) is 11.5. The quantitative estimate of drug-likeness (QED) is 0.885. The second-order valence-corrected chi connectivity index (χ2v) is 5.11. The van der Waals surface area contributed by atoms with Gasteiger partial charge in [0.05, 0.1) is 0 Å². The van der Waals surface area contributed by atoms with E-state index in [9.17, 15) is 4.79 Å². The van der Waals surface area contributed by atoms with E-state index in [1.54, 1.807) is 0 Å². The average Bonchev–Trinajstić information content (AvgIpc) is 2.47. The summed E-state index contributed by atoms with van der Waals surface area (Å²) >= 11 is 5.94. The summed E-state index contributed by atoms with van der Waals surface area (Å²) in [7, 11) is 0. The number of nitrogens with one attached hydrogen (secondary N) is 1. The van der Waals surface area contributed by atoms with E-state index in [0.717, 1.165) is 11.1 Å². The smallest absolute Gasteiger partial charge is 0.220 e. The van der Waals surface area contributed by atoms with Crippen molar-refractivity contribution in [3.63, 3.8) is 0 Å². The highest BCUT2D eigenvalue weighted by molar-refractivity contribution is 6.30. The molecule has 2 rings (SSSR count). The van der Waals surface area contributed by atoms with E-state index >= 15 is 0 Å². The van der Waals surface area contributed by atoms with Crippen molar-refractivity contribution in [2.75, 3.05) is 6.54 Å². The maximum Gasteiger partial charge on any atom is 0.220 e. The highest BCUT2D eigenvalue weighted by Crippen LogP contribution is 2.28. The molecule has 104 valence electrons. The molecule has 0 fully saturated rings. The minimum Gasteiger partial charge on any atom is -0.356 e. The summed E-state index contributed by atoms with van der Waals surface area (Å²) < 4.78 is 0. The van der Waals surface area contributed by atoms with Crippen LogP contribution in [0.3, 0.4) is 0 Å². The average molecular weight is 288 g/mol. The summed E-state index contributed by atoms with van der Waals surface area (Å²) in [6, 6.07) is 17.8. The molecule has 0 aliphatic carbocycles. The molecule has 2 aromatic rings. The molecule has 0 spiro atoms. The third-order valence-electron chi connectivity index (χ3n) is 3.24. The first-order chi connectivity index (χ1) is 9.70. The van der Waals surface area contributed by atoms with E-state index in [0.29, 0.717) is 18.0 Å². The van der Waals surface area contributed by atoms with Gasteiger partial charge in [-0.25, -0.2) is 0 Å². The number of halogens is 1. The third kappa shape index (κ3) is 3.84. The Kier molecular flexibility index (Phi) is 5.19. The van der Waals surface area contributed by atoms with E-state index in [4.69, 9.17) is 11.6 Å². The number of rotatable bonds is 5. The van der Waals surface area contributed by atoms with E-state index in [1.165, 1.54) is 0 Å². The summed E-state index contributed by atoms with van der Waals surface area (Å²) in [5, 5.41) is 3.57. The molecule has 1 N–H and O–H groups in total. The second kappa shape index (κ2) is 7.11. The number of hydrogen-bond donors (Lipinski definition) is 1. The molecular formula is C17H18ClNO. The van der Waals surface area contributed by atoms with E-state index in [2.05, 4.69) is 17.4 Å². The molecule has 2 nitrogen and oxygen atoms in total. The highest BCUT2D eigenvalue weighted by atomic mass is 35.5. The molecule has 0 aliphatic rings. The van der Waals surface area contributed by atoms with Crippen molar-refractivity contribution < 1.29 is 4.79 Å². The number of benzene rings is 2. The largest absolute Gasteiger partial charge is 0.356 e. The molecule has 0 radical (unpaired) electrons. The molecule has 2 aromatic carbocycles. The number of amides is 1. The summed E-state index contributed by atoms with van der Waals surface area (Å²) in [5.41, 5.74) is 2.24. The Labute approximate surface area is 124 Å². The van der Waals surface area contributed by atoms with Crippen LogP contribution in [-0.2, 0) is 4.79 Å². The third-order valence-corrected chi connectivity index (χ3v) is 3.49. The van der Waals surface area contributed by atoms with Crippen molar-refractivity contribution in [2.45, 2.75) is 19.3 Å². The van der Waals surface area contributed by atoms with Crippen LogP contribution in [0.1, 0.15) is 30.4 Å². The van der Waals surface area contributed by atoms with E-state index < -0.39 is 0 Å². The monoisotopic (exact) mass is 287 g/mol. The van der Waals surface area contributed by atoms with Crippen LogP contribution in [0.5, 0.6) is 0 Å². The van der Waals surface area contributed by atoms with Gasteiger partial charge in [0.2, 0.25) is 5.91 Å². The van der Waals surface area contributed by atoms with Gasteiger partial charge in [0, 0.05) is 23.9 Å². The molecule has 3 heteroatoms. The normalized spacial score (nSPS) is 11.9. The maximum absolute atomic E-state index is 11.9. The lowest BCUT2D eigenvalue weighted by Crippen LogP contribution is -2.24. The van der Waals surface area contributed by atoms with Crippen LogP contribution < -0.4 is 5.32 Å². The Balaban J connectivity index is 2.29. The van der Waals surface area contributed by atoms with Crippen molar-refractivity contribution in [1.29, 1.82) is 0 Å². The van der Waals surface area contributed by atoms with Gasteiger partial charge >= 0.3 is 0 Å². The Morgan fingerprint density at radius 1 is 1.05 bits per heavy atom. The molecule has 0 saturated heterocycles. The molecule has 20 heavy (non-hydrogen) atoms. The van der Waals surface area contributed by atoms with Crippen molar-refractivity contribution >= 4 is 17.5 Å². The van der Waals surface area contributed by atoms with Gasteiger partial charge in [0.15, 0.2) is 0 Å². The molecule has 1 amide bonds. The van der Waals surface area contributed by atoms with Crippen molar-refractivity contribution in [2.24, 2.45) is 0 Å². The molecule has 0 saturated carbocycles. The second-order valence-electron chi connectivity index (χ2n) is 4.67. The van der Waals surface area contributed by atoms with Crippen LogP contribution in [0.2, 0.25) is 5.02 Å². The van der Waals surface area contributed by atoms with Crippen molar-refractivity contribution in [3.05, 3.63) is 70.7 Å². The summed E-state index contributed by atoms with van der Waals surface area (Å²) in [6.45, 7) is 2.58. The van der Waals surface area contributed by atoms with Crippen LogP contribution in [0.25, 0.3) is 0 Å². The molecule has 0 heterocycles. The van der Waals surface area contributed by atoms with Crippen molar-refractivity contribution in [1.82, 2.24) is 5.32 Å². The zero-order chi connectivity index (χ0) is 14.4. The van der Waals surface area contributed by atoms with Gasteiger partial charge in [-0.2, -0.15) is 0 Å². The van der Waals surface area contributed by atoms with Gasteiger partial charge in [-0.3, -0.25) is 4.79 Å². The summed E-state index contributed by atoms with van der Waals surface area (Å²) in [5.74, 6) is 0.122. The lowest BCUT2D eigenvalue weighted by atomic mass is 9.88. The number of carbonyl (C=O) groups excluding carboxylic acids is 1. The van der Waals surface area contributed by atoms with Crippen LogP contribution in [0, 0.1) is 0 Å². The molecule has 0 aliphatic heterocycles. The number of hydrogen-bond acceptors (Lipinski definition) is 1. The van der Waals surface area contributed by atoms with E-state index in [-0.39, 0.29) is 11.8 Å². The van der Waals surface area contributed by atoms with Crippen LogP contribution in [0.15, 0.2) is 54.6 Å². The predicted octanol–water partition coefficient (Wildman–Crippen LogP) is 4.00. The van der Waals surface area contributed by atoms with Gasteiger partial charge in [-0.15, -0.1) is 0 Å². The van der Waals surface area contributed by atoms with Gasteiger partial charge < -0.3 is 5.32 Å². The Hall–Kier alpha value is -1.80. The number of carbonyl (C=O) groups is 1. The molecule has 0 bridgehead atoms. The molecular weight excluding hydrogens is 270 g/mol. The van der Waals surface area contributed by atoms with E-state index in [1.807, 2.05) is 49.4 Å². The first kappa shape index (κ1) is 14.6. The minimum atomic E-state index is 0.0556. The lowest BCUT2D eigenvalue weighted by Gasteiger charge is -2.17. The van der Waals surface area contributed by atoms with Gasteiger partial charge in [0.25, 0.3) is 0 Å². The standard InChI is InChI=1S/C17H18ClNO/c1-2-19-17(20)12-16(13-6-4-3-5-7-13)14-8-10-15(18)11-9-14/h3-11,16H,2,12H2,1H3,(H,19,20). The van der Waals surface area contributed by atoms with Gasteiger partial charge in [-0.1, -0.05) is 54.1 Å². The van der Waals surface area contributed by atoms with Crippen LogP contribution >= 0.6 is 11.6 Å². The minimum absolute atomic E-state index is 0.0556. The topological polar surface area (TPSA) is 29.1 Å². The fourth-order valence-corrected chi connectivity index (χ4v) is 2.39. The summed E-state index contributed by atoms with van der Waals surface area (Å²) in [6.07, 6.45) is 0.444. The zero-order valence-corrected chi connectivity index (χ0v) is 12.2. The summed E-state index contributed by atoms with van der Waals surface area (Å²) in [4.78, 5) is 11.9. The first-order valence-corrected chi connectivity index (χ1v) is 7.15. The lowest BCUT2D eigenvalue weighted by molar-refractivity contribution is -0.121. The van der Waals surface area contributed by atoms with Gasteiger partial charge in [-0.05, 0) is 30.2 Å². The van der Waals surface area contributed by atoms with Crippen LogP contribution in [0.4, 0.5) is 0 Å². The Morgan fingerprint density at radius 3 is 2.25 bits per heavy atom. The molecule has 1 atom stereocenters. The SMILES string of the molecule is CCNC(=O)CC(c1ccccc1)c1ccc(Cl)cc1. The predicted molar refractivity (Wildman–Crippen MR) is 83.0 cm³/mol. The van der Waals surface area contributed by atoms with Gasteiger partial charge in [0.1, 0.15) is 0 Å². The van der Waals surface area contributed by atoms with Crippen LogP contribution in [-0.4, -0.2) is 12.5 Å². The fourth-order valence-electron chi connectivity index (χ4n) is 2.26. The highest BCUT2D eigenvalue weighted by Gasteiger charge is 2.17.